The van der Waals surface area contributed by atoms with Crippen LogP contribution in [0.1, 0.15) is 16.7 Å². The van der Waals surface area contributed by atoms with E-state index in [-0.39, 0.29) is 0 Å². The first kappa shape index (κ1) is 9.99. The molecule has 0 atom stereocenters. The molecular weight excluding hydrogens is 184 g/mol. The topological polar surface area (TPSA) is 52.0 Å². The second-order valence-electron chi connectivity index (χ2n) is 3.94. The maximum absolute atomic E-state index is 5.95. The molecule has 0 aliphatic carbocycles. The van der Waals surface area contributed by atoms with Crippen LogP contribution in [0.4, 0.5) is 5.69 Å². The molecule has 0 fully saturated rings. The lowest BCUT2D eigenvalue weighted by molar-refractivity contribution is 1.04. The molecule has 0 bridgehead atoms. The lowest BCUT2D eigenvalue weighted by atomic mass is 9.95. The largest absolute Gasteiger partial charge is 0.398 e. The van der Waals surface area contributed by atoms with Crippen molar-refractivity contribution in [1.29, 1.82) is 0 Å². The minimum Gasteiger partial charge on any atom is -0.398 e. The van der Waals surface area contributed by atoms with E-state index in [0.29, 0.717) is 6.54 Å². The van der Waals surface area contributed by atoms with Crippen LogP contribution in [-0.4, -0.2) is 0 Å². The fourth-order valence-electron chi connectivity index (χ4n) is 2.15. The van der Waals surface area contributed by atoms with Gasteiger partial charge in [-0.3, -0.25) is 0 Å². The number of hydrogen-bond donors (Lipinski definition) is 2. The highest BCUT2D eigenvalue weighted by Gasteiger charge is 2.07. The van der Waals surface area contributed by atoms with E-state index in [9.17, 15) is 0 Å². The lowest BCUT2D eigenvalue weighted by Gasteiger charge is -2.12. The Bertz CT molecular complexity index is 515. The van der Waals surface area contributed by atoms with Gasteiger partial charge in [-0.2, -0.15) is 0 Å². The fraction of sp³-hybridized carbons (Fsp3) is 0.231. The summed E-state index contributed by atoms with van der Waals surface area (Å²) in [4.78, 5) is 0. The van der Waals surface area contributed by atoms with Gasteiger partial charge in [0.2, 0.25) is 0 Å². The molecule has 0 aliphatic rings. The van der Waals surface area contributed by atoms with Gasteiger partial charge in [-0.25, -0.2) is 0 Å². The molecule has 0 spiro atoms. The molecule has 2 aromatic rings. The summed E-state index contributed by atoms with van der Waals surface area (Å²) in [6.07, 6.45) is 0. The number of fused-ring (bicyclic) bond motifs is 1. The SMILES string of the molecule is Cc1cc2c(N)cccc2c(C)c1CN. The van der Waals surface area contributed by atoms with E-state index in [1.807, 2.05) is 12.1 Å². The van der Waals surface area contributed by atoms with Crippen molar-refractivity contribution in [1.82, 2.24) is 0 Å². The summed E-state index contributed by atoms with van der Waals surface area (Å²) in [6, 6.07) is 8.14. The third-order valence-electron chi connectivity index (χ3n) is 3.04. The number of rotatable bonds is 1. The third kappa shape index (κ3) is 1.47. The van der Waals surface area contributed by atoms with Crippen molar-refractivity contribution in [3.63, 3.8) is 0 Å². The molecule has 0 saturated heterocycles. The van der Waals surface area contributed by atoms with Gasteiger partial charge >= 0.3 is 0 Å². The summed E-state index contributed by atoms with van der Waals surface area (Å²) < 4.78 is 0. The molecule has 15 heavy (non-hydrogen) atoms. The van der Waals surface area contributed by atoms with Crippen LogP contribution in [0, 0.1) is 13.8 Å². The highest BCUT2D eigenvalue weighted by atomic mass is 14.6. The van der Waals surface area contributed by atoms with Gasteiger partial charge in [-0.1, -0.05) is 12.1 Å². The molecule has 2 aromatic carbocycles. The number of anilines is 1. The first-order chi connectivity index (χ1) is 7.15. The van der Waals surface area contributed by atoms with Crippen molar-refractivity contribution in [3.05, 3.63) is 41.0 Å². The summed E-state index contributed by atoms with van der Waals surface area (Å²) in [5.41, 5.74) is 16.2. The zero-order valence-electron chi connectivity index (χ0n) is 9.17. The molecule has 2 nitrogen and oxygen atoms in total. The molecule has 2 rings (SSSR count). The van der Waals surface area contributed by atoms with Crippen molar-refractivity contribution in [2.24, 2.45) is 5.73 Å². The highest BCUT2D eigenvalue weighted by molar-refractivity contribution is 5.96. The molecule has 0 heterocycles. The van der Waals surface area contributed by atoms with Crippen LogP contribution in [0.25, 0.3) is 10.8 Å². The molecule has 0 aromatic heterocycles. The summed E-state index contributed by atoms with van der Waals surface area (Å²) >= 11 is 0. The van der Waals surface area contributed by atoms with E-state index in [4.69, 9.17) is 11.5 Å². The van der Waals surface area contributed by atoms with Crippen LogP contribution in [0.2, 0.25) is 0 Å². The maximum atomic E-state index is 5.95. The van der Waals surface area contributed by atoms with Crippen molar-refractivity contribution in [3.8, 4) is 0 Å². The van der Waals surface area contributed by atoms with Crippen LogP contribution >= 0.6 is 0 Å². The first-order valence-electron chi connectivity index (χ1n) is 5.12. The Morgan fingerprint density at radius 3 is 2.53 bits per heavy atom. The van der Waals surface area contributed by atoms with E-state index in [1.54, 1.807) is 0 Å². The number of hydrogen-bond acceptors (Lipinski definition) is 2. The average molecular weight is 200 g/mol. The van der Waals surface area contributed by atoms with Crippen molar-refractivity contribution < 1.29 is 0 Å². The Balaban J connectivity index is 2.91. The first-order valence-corrected chi connectivity index (χ1v) is 5.12. The van der Waals surface area contributed by atoms with Crippen LogP contribution in [0.15, 0.2) is 24.3 Å². The third-order valence-corrected chi connectivity index (χ3v) is 3.04. The number of aryl methyl sites for hydroxylation is 2. The Labute approximate surface area is 89.9 Å². The average Bonchev–Trinajstić information content (AvgIpc) is 2.20. The number of nitrogens with two attached hydrogens (primary N) is 2. The second kappa shape index (κ2) is 3.55. The Morgan fingerprint density at radius 1 is 1.13 bits per heavy atom. The quantitative estimate of drug-likeness (QED) is 0.695. The van der Waals surface area contributed by atoms with E-state index in [2.05, 4.69) is 26.0 Å². The molecular formula is C13H16N2. The van der Waals surface area contributed by atoms with Gasteiger partial charge in [0.15, 0.2) is 0 Å². The standard InChI is InChI=1S/C13H16N2/c1-8-6-11-10(4-3-5-13(11)15)9(2)12(8)7-14/h3-6H,7,14-15H2,1-2H3. The highest BCUT2D eigenvalue weighted by Crippen LogP contribution is 2.28. The molecule has 0 unspecified atom stereocenters. The molecule has 0 amide bonds. The van der Waals surface area contributed by atoms with Gasteiger partial charge in [-0.05, 0) is 48.1 Å². The Hall–Kier alpha value is -1.54. The zero-order valence-corrected chi connectivity index (χ0v) is 9.17. The monoisotopic (exact) mass is 200 g/mol. The molecule has 0 aliphatic heterocycles. The van der Waals surface area contributed by atoms with Gasteiger partial charge < -0.3 is 11.5 Å². The molecule has 0 radical (unpaired) electrons. The predicted octanol–water partition coefficient (Wildman–Crippen LogP) is 2.50. The molecule has 2 heteroatoms. The predicted molar refractivity (Wildman–Crippen MR) is 65.7 cm³/mol. The Morgan fingerprint density at radius 2 is 1.87 bits per heavy atom. The molecule has 4 N–H and O–H groups in total. The summed E-state index contributed by atoms with van der Waals surface area (Å²) in [5, 5.41) is 2.34. The summed E-state index contributed by atoms with van der Waals surface area (Å²) in [7, 11) is 0. The number of benzene rings is 2. The van der Waals surface area contributed by atoms with E-state index in [1.165, 1.54) is 22.1 Å². The van der Waals surface area contributed by atoms with Crippen LogP contribution < -0.4 is 11.5 Å². The second-order valence-corrected chi connectivity index (χ2v) is 3.94. The Kier molecular flexibility index (Phi) is 2.37. The fourth-order valence-corrected chi connectivity index (χ4v) is 2.15. The van der Waals surface area contributed by atoms with E-state index in [0.717, 1.165) is 11.1 Å². The van der Waals surface area contributed by atoms with Gasteiger partial charge in [0.25, 0.3) is 0 Å². The summed E-state index contributed by atoms with van der Waals surface area (Å²) in [5.74, 6) is 0. The molecule has 0 saturated carbocycles. The normalized spacial score (nSPS) is 10.9. The van der Waals surface area contributed by atoms with Gasteiger partial charge in [0.1, 0.15) is 0 Å². The minimum atomic E-state index is 0.586. The van der Waals surface area contributed by atoms with E-state index < -0.39 is 0 Å². The van der Waals surface area contributed by atoms with Crippen molar-refractivity contribution >= 4 is 16.5 Å². The van der Waals surface area contributed by atoms with Crippen LogP contribution in [-0.2, 0) is 6.54 Å². The van der Waals surface area contributed by atoms with Crippen LogP contribution in [0.3, 0.4) is 0 Å². The summed E-state index contributed by atoms with van der Waals surface area (Å²) in [6.45, 7) is 4.78. The zero-order chi connectivity index (χ0) is 11.0. The lowest BCUT2D eigenvalue weighted by Crippen LogP contribution is -2.03. The number of nitrogen functional groups attached to an aromatic ring is 1. The van der Waals surface area contributed by atoms with Gasteiger partial charge in [0.05, 0.1) is 0 Å². The van der Waals surface area contributed by atoms with Crippen molar-refractivity contribution in [2.75, 3.05) is 5.73 Å². The minimum absolute atomic E-state index is 0.586. The van der Waals surface area contributed by atoms with Gasteiger partial charge in [0, 0.05) is 17.6 Å². The van der Waals surface area contributed by atoms with Crippen LogP contribution in [0.5, 0.6) is 0 Å². The molecule has 78 valence electrons. The smallest absolute Gasteiger partial charge is 0.0393 e. The van der Waals surface area contributed by atoms with Gasteiger partial charge in [-0.15, -0.1) is 0 Å². The van der Waals surface area contributed by atoms with E-state index >= 15 is 0 Å². The van der Waals surface area contributed by atoms with Crippen molar-refractivity contribution in [2.45, 2.75) is 20.4 Å². The maximum Gasteiger partial charge on any atom is 0.0393 e.